The van der Waals surface area contributed by atoms with E-state index in [9.17, 15) is 4.79 Å². The fraction of sp³-hybridized carbons (Fsp3) is 0.136. The van der Waals surface area contributed by atoms with Crippen molar-refractivity contribution in [2.75, 3.05) is 5.32 Å². The Morgan fingerprint density at radius 1 is 1.00 bits per heavy atom. The molecule has 5 nitrogen and oxygen atoms in total. The molecule has 0 fully saturated rings. The molecular formula is C22H20N4O. The van der Waals surface area contributed by atoms with Crippen LogP contribution in [0.3, 0.4) is 0 Å². The highest BCUT2D eigenvalue weighted by atomic mass is 16.1. The number of benzene rings is 2. The largest absolute Gasteiger partial charge is 0.349 e. The zero-order chi connectivity index (χ0) is 18.8. The van der Waals surface area contributed by atoms with E-state index in [1.807, 2.05) is 68.6 Å². The van der Waals surface area contributed by atoms with Gasteiger partial charge < -0.3 is 5.32 Å². The van der Waals surface area contributed by atoms with E-state index in [0.29, 0.717) is 12.2 Å². The average molecular weight is 356 g/mol. The first-order valence-electron chi connectivity index (χ1n) is 8.94. The summed E-state index contributed by atoms with van der Waals surface area (Å²) in [6.07, 6.45) is 3.56. The number of nitrogens with zero attached hydrogens (tertiary/aromatic N) is 3. The number of aromatic nitrogens is 3. The lowest BCUT2D eigenvalue weighted by Gasteiger charge is -2.13. The maximum Gasteiger partial charge on any atom is 0.290 e. The third kappa shape index (κ3) is 3.31. The van der Waals surface area contributed by atoms with Crippen LogP contribution in [0.4, 0.5) is 11.4 Å². The monoisotopic (exact) mass is 356 g/mol. The molecule has 0 aliphatic rings. The molecule has 5 heteroatoms. The lowest BCUT2D eigenvalue weighted by molar-refractivity contribution is 0.621. The maximum absolute atomic E-state index is 12.8. The molecule has 134 valence electrons. The molecule has 2 aromatic carbocycles. The standard InChI is InChI=1S/C22H20N4O/c1-3-26-22(27)20(12-19(25-26)16-9-6-7-15(2)11-16)24-21-14-23-13-17-8-4-5-10-18(17)21/h4-14,24H,3H2,1-2H3. The van der Waals surface area contributed by atoms with Crippen LogP contribution in [-0.2, 0) is 6.54 Å². The van der Waals surface area contributed by atoms with Gasteiger partial charge in [0.15, 0.2) is 0 Å². The van der Waals surface area contributed by atoms with E-state index in [0.717, 1.165) is 33.3 Å². The molecule has 2 aromatic heterocycles. The normalized spacial score (nSPS) is 10.9. The Morgan fingerprint density at radius 2 is 1.85 bits per heavy atom. The second-order valence-corrected chi connectivity index (χ2v) is 6.47. The topological polar surface area (TPSA) is 59.8 Å². The summed E-state index contributed by atoms with van der Waals surface area (Å²) in [5.74, 6) is 0. The van der Waals surface area contributed by atoms with Crippen LogP contribution in [0.15, 0.2) is 71.8 Å². The summed E-state index contributed by atoms with van der Waals surface area (Å²) in [7, 11) is 0. The van der Waals surface area contributed by atoms with Crippen LogP contribution < -0.4 is 10.9 Å². The number of nitrogens with one attached hydrogen (secondary N) is 1. The van der Waals surface area contributed by atoms with Gasteiger partial charge >= 0.3 is 0 Å². The summed E-state index contributed by atoms with van der Waals surface area (Å²) in [5.41, 5.74) is 4.03. The lowest BCUT2D eigenvalue weighted by atomic mass is 10.1. The first kappa shape index (κ1) is 17.0. The smallest absolute Gasteiger partial charge is 0.290 e. The van der Waals surface area contributed by atoms with E-state index in [4.69, 9.17) is 0 Å². The summed E-state index contributed by atoms with van der Waals surface area (Å²) < 4.78 is 1.48. The van der Waals surface area contributed by atoms with Gasteiger partial charge in [-0.2, -0.15) is 5.10 Å². The van der Waals surface area contributed by atoms with Crippen LogP contribution in [0.25, 0.3) is 22.0 Å². The van der Waals surface area contributed by atoms with E-state index in [1.54, 1.807) is 6.20 Å². The van der Waals surface area contributed by atoms with Crippen molar-refractivity contribution >= 4 is 22.1 Å². The highest BCUT2D eigenvalue weighted by Crippen LogP contribution is 2.26. The summed E-state index contributed by atoms with van der Waals surface area (Å²) in [5, 5.41) is 9.83. The molecule has 0 aliphatic heterocycles. The second-order valence-electron chi connectivity index (χ2n) is 6.47. The van der Waals surface area contributed by atoms with Gasteiger partial charge in [-0.25, -0.2) is 4.68 Å². The molecule has 0 saturated carbocycles. The molecule has 1 N–H and O–H groups in total. The molecule has 4 aromatic rings. The van der Waals surface area contributed by atoms with Crippen molar-refractivity contribution in [1.29, 1.82) is 0 Å². The maximum atomic E-state index is 12.8. The number of hydrogen-bond acceptors (Lipinski definition) is 4. The molecule has 0 bridgehead atoms. The van der Waals surface area contributed by atoms with Gasteiger partial charge in [-0.1, -0.05) is 48.0 Å². The van der Waals surface area contributed by atoms with Crippen LogP contribution in [0, 0.1) is 6.92 Å². The van der Waals surface area contributed by atoms with Gasteiger partial charge in [0.05, 0.1) is 17.6 Å². The summed E-state index contributed by atoms with van der Waals surface area (Å²) in [4.78, 5) is 17.1. The SMILES string of the molecule is CCn1nc(-c2cccc(C)c2)cc(Nc2cncc3ccccc23)c1=O. The van der Waals surface area contributed by atoms with Crippen LogP contribution in [0.1, 0.15) is 12.5 Å². The van der Waals surface area contributed by atoms with Crippen molar-refractivity contribution < 1.29 is 0 Å². The van der Waals surface area contributed by atoms with Crippen molar-refractivity contribution in [3.63, 3.8) is 0 Å². The minimum Gasteiger partial charge on any atom is -0.349 e. The van der Waals surface area contributed by atoms with Gasteiger partial charge in [0.2, 0.25) is 0 Å². The highest BCUT2D eigenvalue weighted by Gasteiger charge is 2.11. The molecule has 0 spiro atoms. The van der Waals surface area contributed by atoms with E-state index >= 15 is 0 Å². The van der Waals surface area contributed by atoms with E-state index in [-0.39, 0.29) is 5.56 Å². The quantitative estimate of drug-likeness (QED) is 0.584. The van der Waals surface area contributed by atoms with Crippen molar-refractivity contribution in [3.05, 3.63) is 82.9 Å². The van der Waals surface area contributed by atoms with Crippen molar-refractivity contribution in [1.82, 2.24) is 14.8 Å². The first-order valence-corrected chi connectivity index (χ1v) is 8.94. The first-order chi connectivity index (χ1) is 13.2. The molecule has 0 atom stereocenters. The van der Waals surface area contributed by atoms with Crippen LogP contribution in [0.2, 0.25) is 0 Å². The molecule has 27 heavy (non-hydrogen) atoms. The predicted molar refractivity (Wildman–Crippen MR) is 109 cm³/mol. The predicted octanol–water partition coefficient (Wildman–Crippen LogP) is 4.53. The van der Waals surface area contributed by atoms with Gasteiger partial charge in [-0.3, -0.25) is 9.78 Å². The second kappa shape index (κ2) is 7.03. The minimum absolute atomic E-state index is 0.151. The molecule has 0 unspecified atom stereocenters. The summed E-state index contributed by atoms with van der Waals surface area (Å²) in [6, 6.07) is 17.9. The van der Waals surface area contributed by atoms with Gasteiger partial charge in [0.1, 0.15) is 5.69 Å². The third-order valence-corrected chi connectivity index (χ3v) is 4.53. The van der Waals surface area contributed by atoms with Crippen molar-refractivity contribution in [3.8, 4) is 11.3 Å². The molecule has 0 radical (unpaired) electrons. The number of fused-ring (bicyclic) bond motifs is 1. The molecule has 0 aliphatic carbocycles. The van der Waals surface area contributed by atoms with Crippen LogP contribution >= 0.6 is 0 Å². The van der Waals surface area contributed by atoms with Crippen LogP contribution in [0.5, 0.6) is 0 Å². The third-order valence-electron chi connectivity index (χ3n) is 4.53. The number of aryl methyl sites for hydroxylation is 2. The molecule has 0 saturated heterocycles. The average Bonchev–Trinajstić information content (AvgIpc) is 2.70. The van der Waals surface area contributed by atoms with Gasteiger partial charge in [-0.15, -0.1) is 0 Å². The van der Waals surface area contributed by atoms with Crippen molar-refractivity contribution in [2.24, 2.45) is 0 Å². The Labute approximate surface area is 157 Å². The Balaban J connectivity index is 1.84. The van der Waals surface area contributed by atoms with Crippen molar-refractivity contribution in [2.45, 2.75) is 20.4 Å². The fourth-order valence-electron chi connectivity index (χ4n) is 3.15. The minimum atomic E-state index is -0.151. The number of pyridine rings is 1. The van der Waals surface area contributed by atoms with Gasteiger partial charge in [0, 0.05) is 29.1 Å². The number of anilines is 2. The molecule has 4 rings (SSSR count). The van der Waals surface area contributed by atoms with Gasteiger partial charge in [-0.05, 0) is 26.0 Å². The Hall–Kier alpha value is -3.47. The zero-order valence-corrected chi connectivity index (χ0v) is 15.3. The van der Waals surface area contributed by atoms with E-state index < -0.39 is 0 Å². The van der Waals surface area contributed by atoms with E-state index in [2.05, 4.69) is 21.5 Å². The molecule has 2 heterocycles. The summed E-state index contributed by atoms with van der Waals surface area (Å²) >= 11 is 0. The van der Waals surface area contributed by atoms with E-state index in [1.165, 1.54) is 4.68 Å². The Bertz CT molecular complexity index is 1180. The lowest BCUT2D eigenvalue weighted by Crippen LogP contribution is -2.24. The highest BCUT2D eigenvalue weighted by molar-refractivity contribution is 5.94. The molecular weight excluding hydrogens is 336 g/mol. The molecule has 0 amide bonds. The summed E-state index contributed by atoms with van der Waals surface area (Å²) in [6.45, 7) is 4.46. The van der Waals surface area contributed by atoms with Crippen LogP contribution in [-0.4, -0.2) is 14.8 Å². The van der Waals surface area contributed by atoms with Gasteiger partial charge in [0.25, 0.3) is 5.56 Å². The number of hydrogen-bond donors (Lipinski definition) is 1. The zero-order valence-electron chi connectivity index (χ0n) is 15.3. The fourth-order valence-corrected chi connectivity index (χ4v) is 3.15. The Kier molecular flexibility index (Phi) is 4.42. The Morgan fingerprint density at radius 3 is 2.67 bits per heavy atom. The number of rotatable bonds is 4.